The second kappa shape index (κ2) is 5.40. The monoisotopic (exact) mass is 250 g/mol. The highest BCUT2D eigenvalue weighted by Gasteiger charge is 2.31. The zero-order valence-corrected chi connectivity index (χ0v) is 11.0. The maximum Gasteiger partial charge on any atom is 0.133 e. The normalized spacial score (nSPS) is 19.0. The summed E-state index contributed by atoms with van der Waals surface area (Å²) in [5.41, 5.74) is 2.65. The van der Waals surface area contributed by atoms with Crippen molar-refractivity contribution in [3.63, 3.8) is 0 Å². The molecule has 1 atom stereocenters. The molecule has 0 radical (unpaired) electrons. The molecule has 1 heteroatoms. The molecule has 0 aliphatic heterocycles. The number of carbonyl (C=O) groups is 1. The fourth-order valence-corrected chi connectivity index (χ4v) is 3.18. The zero-order chi connectivity index (χ0) is 13.1. The van der Waals surface area contributed by atoms with Gasteiger partial charge in [0.25, 0.3) is 0 Å². The Kier molecular flexibility index (Phi) is 3.45. The van der Waals surface area contributed by atoms with Gasteiger partial charge in [0.2, 0.25) is 0 Å². The quantitative estimate of drug-likeness (QED) is 0.798. The first-order valence-corrected chi connectivity index (χ1v) is 6.96. The lowest BCUT2D eigenvalue weighted by Crippen LogP contribution is -2.12. The molecule has 19 heavy (non-hydrogen) atoms. The van der Waals surface area contributed by atoms with Gasteiger partial charge in [-0.15, -0.1) is 0 Å². The molecule has 1 saturated carbocycles. The van der Waals surface area contributed by atoms with Crippen LogP contribution in [0.1, 0.15) is 36.3 Å². The summed E-state index contributed by atoms with van der Waals surface area (Å²) < 4.78 is 0. The van der Waals surface area contributed by atoms with Gasteiger partial charge in [0, 0.05) is 18.8 Å². The minimum absolute atomic E-state index is 0.355. The predicted molar refractivity (Wildman–Crippen MR) is 77.1 cm³/mol. The van der Waals surface area contributed by atoms with Crippen LogP contribution in [0.5, 0.6) is 0 Å². The molecule has 0 saturated heterocycles. The van der Waals surface area contributed by atoms with Gasteiger partial charge in [0.05, 0.1) is 0 Å². The fraction of sp³-hybridized carbons (Fsp3) is 0.278. The van der Waals surface area contributed by atoms with E-state index < -0.39 is 0 Å². The smallest absolute Gasteiger partial charge is 0.133 e. The summed E-state index contributed by atoms with van der Waals surface area (Å²) in [5, 5.41) is 0. The van der Waals surface area contributed by atoms with Crippen LogP contribution >= 0.6 is 0 Å². The number of hydrogen-bond donors (Lipinski definition) is 0. The van der Waals surface area contributed by atoms with Gasteiger partial charge in [-0.1, -0.05) is 60.7 Å². The first-order chi connectivity index (χ1) is 9.34. The van der Waals surface area contributed by atoms with E-state index in [1.807, 2.05) is 12.1 Å². The molecule has 1 fully saturated rings. The minimum atomic E-state index is 0.355. The third-order valence-electron chi connectivity index (χ3n) is 4.07. The molecule has 2 aromatic carbocycles. The highest BCUT2D eigenvalue weighted by molar-refractivity contribution is 5.81. The van der Waals surface area contributed by atoms with Crippen molar-refractivity contribution in [2.45, 2.75) is 25.2 Å². The van der Waals surface area contributed by atoms with Crippen LogP contribution in [0.25, 0.3) is 0 Å². The molecule has 1 unspecified atom stereocenters. The summed E-state index contributed by atoms with van der Waals surface area (Å²) in [6, 6.07) is 21.2. The number of benzene rings is 2. The zero-order valence-electron chi connectivity index (χ0n) is 11.0. The average molecular weight is 250 g/mol. The second-order valence-electron chi connectivity index (χ2n) is 5.34. The summed E-state index contributed by atoms with van der Waals surface area (Å²) >= 11 is 0. The van der Waals surface area contributed by atoms with E-state index >= 15 is 0 Å². The van der Waals surface area contributed by atoms with Crippen molar-refractivity contribution in [1.29, 1.82) is 0 Å². The lowest BCUT2D eigenvalue weighted by molar-refractivity contribution is -0.117. The Morgan fingerprint density at radius 1 is 0.842 bits per heavy atom. The molecule has 2 aromatic rings. The van der Waals surface area contributed by atoms with Gasteiger partial charge in [0.1, 0.15) is 5.78 Å². The Morgan fingerprint density at radius 2 is 1.37 bits per heavy atom. The molecular formula is C18H18O. The first-order valence-electron chi connectivity index (χ1n) is 6.96. The summed E-state index contributed by atoms with van der Waals surface area (Å²) in [6.07, 6.45) is 2.50. The van der Waals surface area contributed by atoms with Crippen LogP contribution < -0.4 is 0 Å². The molecule has 1 aliphatic rings. The van der Waals surface area contributed by atoms with E-state index in [1.54, 1.807) is 0 Å². The summed E-state index contributed by atoms with van der Waals surface area (Å²) in [6.45, 7) is 0. The molecular weight excluding hydrogens is 232 g/mol. The Balaban J connectivity index is 1.99. The van der Waals surface area contributed by atoms with E-state index in [9.17, 15) is 4.79 Å². The standard InChI is InChI=1S/C18H18O/c19-17-12-11-16(13-17)18(14-7-3-1-4-8-14)15-9-5-2-6-10-15/h1-10,16,18H,11-13H2. The molecule has 96 valence electrons. The largest absolute Gasteiger partial charge is 0.300 e. The van der Waals surface area contributed by atoms with Crippen LogP contribution in [0.3, 0.4) is 0 Å². The molecule has 0 amide bonds. The van der Waals surface area contributed by atoms with Crippen LogP contribution in [-0.4, -0.2) is 5.78 Å². The van der Waals surface area contributed by atoms with Crippen molar-refractivity contribution in [3.8, 4) is 0 Å². The van der Waals surface area contributed by atoms with Crippen molar-refractivity contribution in [2.75, 3.05) is 0 Å². The molecule has 3 rings (SSSR count). The molecule has 1 nitrogen and oxygen atoms in total. The van der Waals surface area contributed by atoms with Crippen LogP contribution in [0.4, 0.5) is 0 Å². The Labute approximate surface area is 114 Å². The van der Waals surface area contributed by atoms with Gasteiger partial charge in [-0.05, 0) is 23.5 Å². The topological polar surface area (TPSA) is 17.1 Å². The number of rotatable bonds is 3. The molecule has 0 spiro atoms. The van der Waals surface area contributed by atoms with Gasteiger partial charge in [-0.2, -0.15) is 0 Å². The van der Waals surface area contributed by atoms with E-state index in [1.165, 1.54) is 11.1 Å². The van der Waals surface area contributed by atoms with Crippen LogP contribution in [-0.2, 0) is 4.79 Å². The molecule has 0 N–H and O–H groups in total. The highest BCUT2D eigenvalue weighted by atomic mass is 16.1. The van der Waals surface area contributed by atoms with Crippen molar-refractivity contribution in [3.05, 3.63) is 71.8 Å². The summed E-state index contributed by atoms with van der Waals surface area (Å²) in [7, 11) is 0. The number of carbonyl (C=O) groups excluding carboxylic acids is 1. The lowest BCUT2D eigenvalue weighted by Gasteiger charge is -2.24. The van der Waals surface area contributed by atoms with Crippen molar-refractivity contribution < 1.29 is 4.79 Å². The van der Waals surface area contributed by atoms with Gasteiger partial charge in [-0.3, -0.25) is 4.79 Å². The van der Waals surface area contributed by atoms with E-state index in [0.29, 0.717) is 17.6 Å². The van der Waals surface area contributed by atoms with Crippen molar-refractivity contribution in [1.82, 2.24) is 0 Å². The van der Waals surface area contributed by atoms with Crippen molar-refractivity contribution in [2.24, 2.45) is 5.92 Å². The van der Waals surface area contributed by atoms with E-state index in [4.69, 9.17) is 0 Å². The van der Waals surface area contributed by atoms with E-state index in [2.05, 4.69) is 48.5 Å². The molecule has 0 aromatic heterocycles. The Hall–Kier alpha value is -1.89. The number of ketones is 1. The van der Waals surface area contributed by atoms with E-state index in [0.717, 1.165) is 19.3 Å². The van der Waals surface area contributed by atoms with Gasteiger partial charge in [-0.25, -0.2) is 0 Å². The first kappa shape index (κ1) is 12.2. The third-order valence-corrected chi connectivity index (χ3v) is 4.07. The highest BCUT2D eigenvalue weighted by Crippen LogP contribution is 2.40. The fourth-order valence-electron chi connectivity index (χ4n) is 3.18. The number of Topliss-reactive ketones (excluding diaryl/α,β-unsaturated/α-hetero) is 1. The molecule has 1 aliphatic carbocycles. The number of hydrogen-bond acceptors (Lipinski definition) is 1. The Morgan fingerprint density at radius 3 is 1.79 bits per heavy atom. The van der Waals surface area contributed by atoms with Crippen molar-refractivity contribution >= 4 is 5.78 Å². The minimum Gasteiger partial charge on any atom is -0.300 e. The van der Waals surface area contributed by atoms with Gasteiger partial charge >= 0.3 is 0 Å². The predicted octanol–water partition coefficient (Wildman–Crippen LogP) is 4.19. The second-order valence-corrected chi connectivity index (χ2v) is 5.34. The summed E-state index contributed by atoms with van der Waals surface area (Å²) in [4.78, 5) is 11.6. The molecule has 0 heterocycles. The molecule has 0 bridgehead atoms. The van der Waals surface area contributed by atoms with Crippen LogP contribution in [0, 0.1) is 5.92 Å². The van der Waals surface area contributed by atoms with Crippen LogP contribution in [0.15, 0.2) is 60.7 Å². The Bertz CT molecular complexity index is 505. The average Bonchev–Trinajstić information content (AvgIpc) is 2.88. The van der Waals surface area contributed by atoms with Gasteiger partial charge in [0.15, 0.2) is 0 Å². The maximum atomic E-state index is 11.6. The van der Waals surface area contributed by atoms with Crippen LogP contribution in [0.2, 0.25) is 0 Å². The summed E-state index contributed by atoms with van der Waals surface area (Å²) in [5.74, 6) is 1.23. The van der Waals surface area contributed by atoms with E-state index in [-0.39, 0.29) is 0 Å². The van der Waals surface area contributed by atoms with Gasteiger partial charge < -0.3 is 0 Å². The lowest BCUT2D eigenvalue weighted by atomic mass is 9.80. The third kappa shape index (κ3) is 2.60. The SMILES string of the molecule is O=C1CCC(C(c2ccccc2)c2ccccc2)C1. The maximum absolute atomic E-state index is 11.6.